The van der Waals surface area contributed by atoms with E-state index >= 15 is 0 Å². The molecule has 0 aliphatic heterocycles. The maximum absolute atomic E-state index is 13.7. The zero-order valence-electron chi connectivity index (χ0n) is 23.3. The molecule has 0 saturated heterocycles. The van der Waals surface area contributed by atoms with Gasteiger partial charge in [-0.05, 0) is 65.4 Å². The average Bonchev–Trinajstić information content (AvgIpc) is 3.04. The first-order valence-electron chi connectivity index (χ1n) is 13.6. The standard InChI is InChI=1S/C34H22F4N4O3/c35-24-13-15-25(16-14-24)40-31(43)20-45-30-17-12-21-6-1-2-9-26(21)28(30)19-39-42-32(22-7-5-8-23(18-22)34(36,37)38)41-29-11-4-3-10-27(29)33(42)44/h1-19H,20H2,(H,40,43). The summed E-state index contributed by atoms with van der Waals surface area (Å²) < 4.78 is 60.7. The number of rotatable bonds is 7. The van der Waals surface area contributed by atoms with E-state index in [1.54, 1.807) is 48.5 Å². The van der Waals surface area contributed by atoms with Crippen molar-refractivity contribution in [2.45, 2.75) is 6.18 Å². The first-order chi connectivity index (χ1) is 21.7. The number of para-hydroxylation sites is 1. The lowest BCUT2D eigenvalue weighted by molar-refractivity contribution is -0.137. The van der Waals surface area contributed by atoms with Crippen molar-refractivity contribution < 1.29 is 27.1 Å². The third kappa shape index (κ3) is 6.28. The molecule has 0 fully saturated rings. The van der Waals surface area contributed by atoms with Crippen molar-refractivity contribution in [3.63, 3.8) is 0 Å². The fourth-order valence-electron chi connectivity index (χ4n) is 4.78. The minimum Gasteiger partial charge on any atom is -0.483 e. The number of fused-ring (bicyclic) bond motifs is 2. The van der Waals surface area contributed by atoms with E-state index in [2.05, 4.69) is 15.4 Å². The van der Waals surface area contributed by atoms with Crippen molar-refractivity contribution in [3.8, 4) is 17.1 Å². The monoisotopic (exact) mass is 610 g/mol. The number of ether oxygens (including phenoxy) is 1. The van der Waals surface area contributed by atoms with Crippen LogP contribution in [0, 0.1) is 5.82 Å². The predicted molar refractivity (Wildman–Crippen MR) is 164 cm³/mol. The van der Waals surface area contributed by atoms with Crippen molar-refractivity contribution in [2.75, 3.05) is 11.9 Å². The molecule has 0 bridgehead atoms. The van der Waals surface area contributed by atoms with Crippen LogP contribution < -0.4 is 15.6 Å². The summed E-state index contributed by atoms with van der Waals surface area (Å²) in [6, 6.07) is 27.0. The van der Waals surface area contributed by atoms with E-state index in [0.29, 0.717) is 22.2 Å². The summed E-state index contributed by atoms with van der Waals surface area (Å²) >= 11 is 0. The minimum absolute atomic E-state index is 0.0386. The Morgan fingerprint density at radius 1 is 0.889 bits per heavy atom. The molecule has 1 amide bonds. The van der Waals surface area contributed by atoms with Gasteiger partial charge in [-0.25, -0.2) is 9.37 Å². The number of carbonyl (C=O) groups excluding carboxylic acids is 1. The quantitative estimate of drug-likeness (QED) is 0.152. The number of halogens is 4. The molecule has 6 rings (SSSR count). The Balaban J connectivity index is 1.42. The number of hydrogen-bond donors (Lipinski definition) is 1. The van der Waals surface area contributed by atoms with Gasteiger partial charge in [0.1, 0.15) is 11.6 Å². The molecule has 6 aromatic rings. The van der Waals surface area contributed by atoms with Crippen molar-refractivity contribution in [2.24, 2.45) is 5.10 Å². The van der Waals surface area contributed by atoms with Crippen LogP contribution in [0.15, 0.2) is 119 Å². The Bertz CT molecular complexity index is 2140. The summed E-state index contributed by atoms with van der Waals surface area (Å²) in [5, 5.41) is 8.76. The van der Waals surface area contributed by atoms with Crippen molar-refractivity contribution in [1.29, 1.82) is 0 Å². The molecule has 45 heavy (non-hydrogen) atoms. The fourth-order valence-corrected chi connectivity index (χ4v) is 4.78. The molecule has 224 valence electrons. The average molecular weight is 611 g/mol. The van der Waals surface area contributed by atoms with Crippen LogP contribution >= 0.6 is 0 Å². The molecular weight excluding hydrogens is 588 g/mol. The number of nitrogens with one attached hydrogen (secondary N) is 1. The molecule has 1 heterocycles. The molecule has 0 aliphatic rings. The van der Waals surface area contributed by atoms with Crippen LogP contribution in [0.4, 0.5) is 23.2 Å². The van der Waals surface area contributed by atoms with Crippen LogP contribution in [0.2, 0.25) is 0 Å². The topological polar surface area (TPSA) is 85.6 Å². The van der Waals surface area contributed by atoms with Gasteiger partial charge in [0.15, 0.2) is 12.4 Å². The van der Waals surface area contributed by atoms with Gasteiger partial charge in [0.25, 0.3) is 11.5 Å². The summed E-state index contributed by atoms with van der Waals surface area (Å²) in [5.41, 5.74) is -0.361. The van der Waals surface area contributed by atoms with Crippen LogP contribution in [0.3, 0.4) is 0 Å². The number of anilines is 1. The minimum atomic E-state index is -4.61. The van der Waals surface area contributed by atoms with Gasteiger partial charge < -0.3 is 10.1 Å². The third-order valence-corrected chi connectivity index (χ3v) is 6.92. The summed E-state index contributed by atoms with van der Waals surface area (Å²) in [6.07, 6.45) is -3.26. The lowest BCUT2D eigenvalue weighted by Gasteiger charge is -2.14. The smallest absolute Gasteiger partial charge is 0.416 e. The molecule has 11 heteroatoms. The van der Waals surface area contributed by atoms with E-state index in [1.807, 2.05) is 12.1 Å². The highest BCUT2D eigenvalue weighted by Crippen LogP contribution is 2.32. The number of nitrogens with zero attached hydrogens (tertiary/aromatic N) is 3. The van der Waals surface area contributed by atoms with Crippen LogP contribution in [0.1, 0.15) is 11.1 Å². The van der Waals surface area contributed by atoms with Crippen molar-refractivity contribution in [1.82, 2.24) is 9.66 Å². The lowest BCUT2D eigenvalue weighted by atomic mass is 10.0. The summed E-state index contributed by atoms with van der Waals surface area (Å²) in [6.45, 7) is -0.399. The van der Waals surface area contributed by atoms with Gasteiger partial charge >= 0.3 is 6.18 Å². The highest BCUT2D eigenvalue weighted by Gasteiger charge is 2.31. The second-order valence-corrected chi connectivity index (χ2v) is 9.93. The molecule has 1 aromatic heterocycles. The highest BCUT2D eigenvalue weighted by atomic mass is 19.4. The lowest BCUT2D eigenvalue weighted by Crippen LogP contribution is -2.21. The normalized spacial score (nSPS) is 11.7. The summed E-state index contributed by atoms with van der Waals surface area (Å²) in [7, 11) is 0. The Morgan fingerprint density at radius 3 is 2.40 bits per heavy atom. The van der Waals surface area contributed by atoms with Gasteiger partial charge in [0.05, 0.1) is 22.7 Å². The predicted octanol–water partition coefficient (Wildman–Crippen LogP) is 7.27. The van der Waals surface area contributed by atoms with E-state index < -0.39 is 35.6 Å². The number of alkyl halides is 3. The molecule has 0 unspecified atom stereocenters. The maximum atomic E-state index is 13.7. The zero-order valence-corrected chi connectivity index (χ0v) is 23.3. The maximum Gasteiger partial charge on any atom is 0.416 e. The Kier molecular flexibility index (Phi) is 7.82. The SMILES string of the molecule is O=C(COc1ccc2ccccc2c1C=Nn1c(-c2cccc(C(F)(F)F)c2)nc2ccccc2c1=O)Nc1ccc(F)cc1. The number of aromatic nitrogens is 2. The molecule has 5 aromatic carbocycles. The number of amides is 1. The molecule has 0 radical (unpaired) electrons. The Hall–Kier alpha value is -5.84. The molecule has 7 nitrogen and oxygen atoms in total. The van der Waals surface area contributed by atoms with Gasteiger partial charge in [-0.1, -0.05) is 54.6 Å². The first-order valence-corrected chi connectivity index (χ1v) is 13.6. The van der Waals surface area contributed by atoms with E-state index in [9.17, 15) is 27.2 Å². The second-order valence-electron chi connectivity index (χ2n) is 9.93. The van der Waals surface area contributed by atoms with Gasteiger partial charge in [-0.15, -0.1) is 0 Å². The number of hydrogen-bond acceptors (Lipinski definition) is 5. The Labute approximate surface area is 253 Å². The van der Waals surface area contributed by atoms with Crippen molar-refractivity contribution >= 4 is 39.5 Å². The third-order valence-electron chi connectivity index (χ3n) is 6.92. The highest BCUT2D eigenvalue weighted by molar-refractivity contribution is 6.02. The number of carbonyl (C=O) groups is 1. The summed E-state index contributed by atoms with van der Waals surface area (Å²) in [4.78, 5) is 30.8. The van der Waals surface area contributed by atoms with Crippen LogP contribution in [-0.4, -0.2) is 28.4 Å². The first kappa shape index (κ1) is 29.2. The van der Waals surface area contributed by atoms with Gasteiger partial charge in [0.2, 0.25) is 0 Å². The zero-order chi connectivity index (χ0) is 31.6. The molecule has 1 N–H and O–H groups in total. The van der Waals surface area contributed by atoms with Gasteiger partial charge in [-0.2, -0.15) is 22.9 Å². The number of benzene rings is 5. The molecule has 0 spiro atoms. The van der Waals surface area contributed by atoms with Gasteiger partial charge in [0, 0.05) is 16.8 Å². The van der Waals surface area contributed by atoms with Crippen LogP contribution in [0.5, 0.6) is 5.75 Å². The fraction of sp³-hybridized carbons (Fsp3) is 0.0588. The molecule has 0 saturated carbocycles. The van der Waals surface area contributed by atoms with Crippen LogP contribution in [0.25, 0.3) is 33.1 Å². The van der Waals surface area contributed by atoms with Crippen LogP contribution in [-0.2, 0) is 11.0 Å². The molecule has 0 aliphatic carbocycles. The molecular formula is C34H22F4N4O3. The second kappa shape index (κ2) is 12.0. The molecule has 0 atom stereocenters. The largest absolute Gasteiger partial charge is 0.483 e. The van der Waals surface area contributed by atoms with Gasteiger partial charge in [-0.3, -0.25) is 9.59 Å². The van der Waals surface area contributed by atoms with E-state index in [4.69, 9.17) is 4.74 Å². The van der Waals surface area contributed by atoms with Crippen molar-refractivity contribution in [3.05, 3.63) is 136 Å². The van der Waals surface area contributed by atoms with E-state index in [-0.39, 0.29) is 22.5 Å². The Morgan fingerprint density at radius 2 is 1.62 bits per heavy atom. The van der Waals surface area contributed by atoms with E-state index in [0.717, 1.165) is 22.2 Å². The summed E-state index contributed by atoms with van der Waals surface area (Å²) in [5.74, 6) is -0.780. The van der Waals surface area contributed by atoms with E-state index in [1.165, 1.54) is 42.6 Å².